The smallest absolute Gasteiger partial charge is 0.161 e. The largest absolute Gasteiger partial charge is 0.490 e. The standard InChI is InChI=1S/C17H25N3O2/c1-4-8-21-16-7-6-14(11-17(16)22-9-5-2)13(3)10-15-12-18-20-19-15/h6-7,11-13H,4-5,8-10H2,1-3H3,(H,18,19,20). The van der Waals surface area contributed by atoms with Gasteiger partial charge in [0.2, 0.25) is 0 Å². The third-order valence-corrected chi connectivity index (χ3v) is 3.44. The van der Waals surface area contributed by atoms with E-state index in [0.717, 1.165) is 36.5 Å². The molecule has 0 amide bonds. The van der Waals surface area contributed by atoms with Crippen LogP contribution in [0.15, 0.2) is 24.4 Å². The molecule has 0 aliphatic heterocycles. The Labute approximate surface area is 132 Å². The minimum atomic E-state index is 0.342. The van der Waals surface area contributed by atoms with Gasteiger partial charge >= 0.3 is 0 Å². The molecule has 2 rings (SSSR count). The Morgan fingerprint density at radius 3 is 2.45 bits per heavy atom. The molecule has 0 fully saturated rings. The van der Waals surface area contributed by atoms with Gasteiger partial charge in [-0.15, -0.1) is 0 Å². The first-order chi connectivity index (χ1) is 10.7. The molecule has 2 aromatic rings. The summed E-state index contributed by atoms with van der Waals surface area (Å²) < 4.78 is 11.6. The molecular formula is C17H25N3O2. The summed E-state index contributed by atoms with van der Waals surface area (Å²) in [5.74, 6) is 2.00. The van der Waals surface area contributed by atoms with E-state index in [9.17, 15) is 0 Å². The molecule has 0 bridgehead atoms. The molecule has 0 aliphatic carbocycles. The average molecular weight is 303 g/mol. The molecule has 5 heteroatoms. The second kappa shape index (κ2) is 8.41. The quantitative estimate of drug-likeness (QED) is 0.767. The van der Waals surface area contributed by atoms with Crippen molar-refractivity contribution in [2.45, 2.75) is 46.0 Å². The normalized spacial score (nSPS) is 12.1. The van der Waals surface area contributed by atoms with E-state index in [0.29, 0.717) is 19.1 Å². The number of aromatic amines is 1. The maximum atomic E-state index is 5.85. The molecule has 0 spiro atoms. The minimum Gasteiger partial charge on any atom is -0.490 e. The first kappa shape index (κ1) is 16.3. The third kappa shape index (κ3) is 4.48. The van der Waals surface area contributed by atoms with Crippen molar-refractivity contribution in [3.8, 4) is 11.5 Å². The first-order valence-corrected chi connectivity index (χ1v) is 7.98. The highest BCUT2D eigenvalue weighted by atomic mass is 16.5. The topological polar surface area (TPSA) is 60.0 Å². The fourth-order valence-corrected chi connectivity index (χ4v) is 2.24. The second-order valence-electron chi connectivity index (χ2n) is 5.47. The molecule has 1 heterocycles. The molecule has 5 nitrogen and oxygen atoms in total. The first-order valence-electron chi connectivity index (χ1n) is 7.98. The summed E-state index contributed by atoms with van der Waals surface area (Å²) in [5.41, 5.74) is 2.19. The second-order valence-corrected chi connectivity index (χ2v) is 5.47. The van der Waals surface area contributed by atoms with Gasteiger partial charge in [0.25, 0.3) is 0 Å². The van der Waals surface area contributed by atoms with Crippen LogP contribution in [0.4, 0.5) is 0 Å². The lowest BCUT2D eigenvalue weighted by Gasteiger charge is -2.16. The minimum absolute atomic E-state index is 0.342. The Hall–Kier alpha value is -2.04. The van der Waals surface area contributed by atoms with E-state index in [1.807, 2.05) is 6.07 Å². The molecule has 1 N–H and O–H groups in total. The van der Waals surface area contributed by atoms with Crippen LogP contribution in [0.2, 0.25) is 0 Å². The third-order valence-electron chi connectivity index (χ3n) is 3.44. The van der Waals surface area contributed by atoms with Crippen molar-refractivity contribution in [1.29, 1.82) is 0 Å². The van der Waals surface area contributed by atoms with Crippen molar-refractivity contribution in [3.05, 3.63) is 35.7 Å². The van der Waals surface area contributed by atoms with E-state index < -0.39 is 0 Å². The maximum absolute atomic E-state index is 5.85. The van der Waals surface area contributed by atoms with Crippen molar-refractivity contribution in [3.63, 3.8) is 0 Å². The van der Waals surface area contributed by atoms with Crippen molar-refractivity contribution in [2.75, 3.05) is 13.2 Å². The summed E-state index contributed by atoms with van der Waals surface area (Å²) in [6, 6.07) is 6.20. The molecule has 1 atom stereocenters. The van der Waals surface area contributed by atoms with E-state index in [2.05, 4.69) is 48.3 Å². The number of rotatable bonds is 9. The number of hydrogen-bond acceptors (Lipinski definition) is 4. The Bertz CT molecular complexity index is 555. The fraction of sp³-hybridized carbons (Fsp3) is 0.529. The summed E-state index contributed by atoms with van der Waals surface area (Å²) in [6.45, 7) is 7.78. The Balaban J connectivity index is 2.13. The van der Waals surface area contributed by atoms with Crippen molar-refractivity contribution >= 4 is 0 Å². The summed E-state index contributed by atoms with van der Waals surface area (Å²) >= 11 is 0. The van der Waals surface area contributed by atoms with Crippen molar-refractivity contribution in [2.24, 2.45) is 0 Å². The van der Waals surface area contributed by atoms with Crippen LogP contribution >= 0.6 is 0 Å². The fourth-order valence-electron chi connectivity index (χ4n) is 2.24. The molecule has 1 aromatic carbocycles. The summed E-state index contributed by atoms with van der Waals surface area (Å²) in [4.78, 5) is 0. The zero-order valence-corrected chi connectivity index (χ0v) is 13.6. The molecular weight excluding hydrogens is 278 g/mol. The lowest BCUT2D eigenvalue weighted by atomic mass is 9.96. The average Bonchev–Trinajstić information content (AvgIpc) is 3.04. The zero-order valence-electron chi connectivity index (χ0n) is 13.6. The van der Waals surface area contributed by atoms with E-state index in [1.165, 1.54) is 5.56 Å². The molecule has 0 saturated carbocycles. The Morgan fingerprint density at radius 2 is 1.82 bits per heavy atom. The maximum Gasteiger partial charge on any atom is 0.161 e. The van der Waals surface area contributed by atoms with Crippen LogP contribution in [0.3, 0.4) is 0 Å². The number of nitrogens with one attached hydrogen (secondary N) is 1. The van der Waals surface area contributed by atoms with E-state index >= 15 is 0 Å². The van der Waals surface area contributed by atoms with Crippen LogP contribution in [0, 0.1) is 0 Å². The van der Waals surface area contributed by atoms with Gasteiger partial charge < -0.3 is 9.47 Å². The highest BCUT2D eigenvalue weighted by molar-refractivity contribution is 5.44. The lowest BCUT2D eigenvalue weighted by molar-refractivity contribution is 0.268. The number of H-pyrrole nitrogens is 1. The van der Waals surface area contributed by atoms with Gasteiger partial charge in [-0.1, -0.05) is 26.8 Å². The number of hydrogen-bond donors (Lipinski definition) is 1. The zero-order chi connectivity index (χ0) is 15.8. The predicted octanol–water partition coefficient (Wildman–Crippen LogP) is 3.73. The molecule has 0 radical (unpaired) electrons. The SMILES string of the molecule is CCCOc1ccc(C(C)Cc2cn[nH]n2)cc1OCCC. The van der Waals surface area contributed by atoms with Gasteiger partial charge in [0, 0.05) is 0 Å². The summed E-state index contributed by atoms with van der Waals surface area (Å²) in [7, 11) is 0. The van der Waals surface area contributed by atoms with Crippen LogP contribution < -0.4 is 9.47 Å². The van der Waals surface area contributed by atoms with Gasteiger partial charge in [0.1, 0.15) is 0 Å². The summed E-state index contributed by atoms with van der Waals surface area (Å²) in [5, 5.41) is 10.6. The van der Waals surface area contributed by atoms with Crippen LogP contribution in [-0.2, 0) is 6.42 Å². The molecule has 1 aromatic heterocycles. The lowest BCUT2D eigenvalue weighted by Crippen LogP contribution is -2.04. The number of benzene rings is 1. The molecule has 0 aliphatic rings. The van der Waals surface area contributed by atoms with Crippen LogP contribution in [0.1, 0.15) is 50.8 Å². The van der Waals surface area contributed by atoms with Gasteiger partial charge in [-0.25, -0.2) is 0 Å². The van der Waals surface area contributed by atoms with Crippen LogP contribution in [0.5, 0.6) is 11.5 Å². The highest BCUT2D eigenvalue weighted by Gasteiger charge is 2.13. The van der Waals surface area contributed by atoms with Gasteiger partial charge in [0.05, 0.1) is 25.1 Å². The Morgan fingerprint density at radius 1 is 1.09 bits per heavy atom. The van der Waals surface area contributed by atoms with E-state index in [1.54, 1.807) is 6.20 Å². The van der Waals surface area contributed by atoms with Crippen LogP contribution in [-0.4, -0.2) is 28.6 Å². The number of aromatic nitrogens is 3. The molecule has 1 unspecified atom stereocenters. The van der Waals surface area contributed by atoms with Gasteiger partial charge in [-0.05, 0) is 42.9 Å². The monoisotopic (exact) mass is 303 g/mol. The van der Waals surface area contributed by atoms with E-state index in [4.69, 9.17) is 9.47 Å². The van der Waals surface area contributed by atoms with Gasteiger partial charge in [-0.2, -0.15) is 15.4 Å². The highest BCUT2D eigenvalue weighted by Crippen LogP contribution is 2.32. The van der Waals surface area contributed by atoms with Crippen LogP contribution in [0.25, 0.3) is 0 Å². The Kier molecular flexibility index (Phi) is 6.25. The molecule has 0 saturated heterocycles. The van der Waals surface area contributed by atoms with Crippen molar-refractivity contribution in [1.82, 2.24) is 15.4 Å². The van der Waals surface area contributed by atoms with E-state index in [-0.39, 0.29) is 0 Å². The molecule has 22 heavy (non-hydrogen) atoms. The van der Waals surface area contributed by atoms with Crippen molar-refractivity contribution < 1.29 is 9.47 Å². The molecule has 120 valence electrons. The summed E-state index contributed by atoms with van der Waals surface area (Å²) in [6.07, 6.45) is 4.58. The predicted molar refractivity (Wildman–Crippen MR) is 86.5 cm³/mol. The number of nitrogens with zero attached hydrogens (tertiary/aromatic N) is 2. The number of ether oxygens (including phenoxy) is 2. The van der Waals surface area contributed by atoms with Gasteiger partial charge in [-0.3, -0.25) is 0 Å². The van der Waals surface area contributed by atoms with Gasteiger partial charge in [0.15, 0.2) is 11.5 Å².